The van der Waals surface area contributed by atoms with Gasteiger partial charge < -0.3 is 15.0 Å². The normalized spacial score (nSPS) is 21.1. The van der Waals surface area contributed by atoms with E-state index >= 15 is 0 Å². The molecule has 0 radical (unpaired) electrons. The number of halogens is 2. The molecule has 2 saturated heterocycles. The molecule has 1 atom stereocenters. The van der Waals surface area contributed by atoms with Crippen molar-refractivity contribution in [3.63, 3.8) is 0 Å². The Morgan fingerprint density at radius 1 is 1.15 bits per heavy atom. The van der Waals surface area contributed by atoms with Crippen molar-refractivity contribution in [2.24, 2.45) is 4.99 Å². The molecule has 0 aliphatic carbocycles. The van der Waals surface area contributed by atoms with Gasteiger partial charge >= 0.3 is 6.09 Å². The molecule has 11 heteroatoms. The zero-order chi connectivity index (χ0) is 28.1. The van der Waals surface area contributed by atoms with Crippen LogP contribution in [0.5, 0.6) is 0 Å². The molecule has 0 saturated carbocycles. The van der Waals surface area contributed by atoms with Crippen LogP contribution in [0, 0.1) is 0 Å². The molecule has 2 aromatic carbocycles. The molecule has 3 heterocycles. The second-order valence-electron chi connectivity index (χ2n) is 11.2. The molecule has 1 aromatic heterocycles. The Balaban J connectivity index is 1.61. The van der Waals surface area contributed by atoms with Gasteiger partial charge in [-0.3, -0.25) is 14.3 Å². The summed E-state index contributed by atoms with van der Waals surface area (Å²) in [4.78, 5) is 38.1. The van der Waals surface area contributed by atoms with Crippen molar-refractivity contribution in [1.82, 2.24) is 19.8 Å². The van der Waals surface area contributed by atoms with Crippen LogP contribution in [0.25, 0.3) is 16.7 Å². The van der Waals surface area contributed by atoms with Crippen LogP contribution in [0.15, 0.2) is 41.4 Å². The third-order valence-corrected chi connectivity index (χ3v) is 7.61. The van der Waals surface area contributed by atoms with E-state index in [4.69, 9.17) is 32.9 Å². The maximum Gasteiger partial charge on any atom is 0.437 e. The van der Waals surface area contributed by atoms with Crippen molar-refractivity contribution in [2.75, 3.05) is 25.0 Å². The number of aliphatic imine (C=N–C) groups is 1. The van der Waals surface area contributed by atoms with Crippen LogP contribution in [0.1, 0.15) is 52.5 Å². The number of ether oxygens (including phenoxy) is 1. The van der Waals surface area contributed by atoms with Gasteiger partial charge in [-0.15, -0.1) is 4.99 Å². The standard InChI is InChI=1S/C28H32Cl2N6O3/c1-27(2,3)39-26(38)32-24-33-28(4,16-22(37)34(24)5)18-9-8-10-20(23(18)30)36-21-15-17(29)11-12-19(21)31-25(36)35-13-6-7-14-35/h8-12,15H,6-7,13-14,16H2,1-5H3,(H,32,33,38)/t28-/m0/s1. The first-order chi connectivity index (χ1) is 18.4. The fourth-order valence-corrected chi connectivity index (χ4v) is 5.66. The average Bonchev–Trinajstić information content (AvgIpc) is 3.49. The lowest BCUT2D eigenvalue weighted by Gasteiger charge is -2.40. The van der Waals surface area contributed by atoms with Crippen molar-refractivity contribution in [2.45, 2.75) is 58.1 Å². The summed E-state index contributed by atoms with van der Waals surface area (Å²) in [6.45, 7) is 8.95. The molecule has 2 aliphatic rings. The van der Waals surface area contributed by atoms with Crippen molar-refractivity contribution in [3.8, 4) is 5.69 Å². The van der Waals surface area contributed by atoms with Gasteiger partial charge in [0.1, 0.15) is 5.60 Å². The Kier molecular flexibility index (Phi) is 7.01. The number of anilines is 1. The summed E-state index contributed by atoms with van der Waals surface area (Å²) in [5, 5.41) is 4.34. The topological polar surface area (TPSA) is 92.1 Å². The molecule has 9 nitrogen and oxygen atoms in total. The smallest absolute Gasteiger partial charge is 0.437 e. The first kappa shape index (κ1) is 27.3. The number of fused-ring (bicyclic) bond motifs is 1. The molecule has 5 rings (SSSR count). The monoisotopic (exact) mass is 570 g/mol. The second kappa shape index (κ2) is 10.0. The van der Waals surface area contributed by atoms with Crippen molar-refractivity contribution >= 4 is 58.1 Å². The Morgan fingerprint density at radius 2 is 1.87 bits per heavy atom. The van der Waals surface area contributed by atoms with Gasteiger partial charge in [0.05, 0.1) is 33.7 Å². The summed E-state index contributed by atoms with van der Waals surface area (Å²) in [6, 6.07) is 11.3. The molecule has 39 heavy (non-hydrogen) atoms. The van der Waals surface area contributed by atoms with Crippen LogP contribution in [-0.2, 0) is 15.1 Å². The van der Waals surface area contributed by atoms with Gasteiger partial charge in [-0.25, -0.2) is 9.78 Å². The Morgan fingerprint density at radius 3 is 2.56 bits per heavy atom. The zero-order valence-electron chi connectivity index (χ0n) is 22.7. The summed E-state index contributed by atoms with van der Waals surface area (Å²) in [5.74, 6) is 0.688. The van der Waals surface area contributed by atoms with Crippen LogP contribution < -0.4 is 10.2 Å². The van der Waals surface area contributed by atoms with Crippen molar-refractivity contribution < 1.29 is 14.3 Å². The van der Waals surface area contributed by atoms with E-state index in [2.05, 4.69) is 15.2 Å². The van der Waals surface area contributed by atoms with Gasteiger partial charge in [-0.2, -0.15) is 0 Å². The van der Waals surface area contributed by atoms with Gasteiger partial charge in [0, 0.05) is 25.2 Å². The number of amides is 2. The summed E-state index contributed by atoms with van der Waals surface area (Å²) in [6.07, 6.45) is 1.51. The van der Waals surface area contributed by atoms with E-state index in [1.54, 1.807) is 27.8 Å². The van der Waals surface area contributed by atoms with E-state index in [0.29, 0.717) is 15.6 Å². The molecule has 3 aromatic rings. The number of carbonyl (C=O) groups excluding carboxylic acids is 2. The Bertz CT molecular complexity index is 1490. The predicted octanol–water partition coefficient (Wildman–Crippen LogP) is 5.89. The summed E-state index contributed by atoms with van der Waals surface area (Å²) >= 11 is 13.6. The maximum absolute atomic E-state index is 13.1. The summed E-state index contributed by atoms with van der Waals surface area (Å²) < 4.78 is 7.38. The lowest BCUT2D eigenvalue weighted by molar-refractivity contribution is -0.129. The molecule has 2 fully saturated rings. The second-order valence-corrected chi connectivity index (χ2v) is 12.0. The highest BCUT2D eigenvalue weighted by atomic mass is 35.5. The number of carbonyl (C=O) groups is 2. The van der Waals surface area contributed by atoms with E-state index in [0.717, 1.165) is 48.6 Å². The summed E-state index contributed by atoms with van der Waals surface area (Å²) in [7, 11) is 1.57. The highest BCUT2D eigenvalue weighted by Gasteiger charge is 2.41. The molecule has 2 amide bonds. The fraction of sp³-hybridized carbons (Fsp3) is 0.429. The van der Waals surface area contributed by atoms with Crippen LogP contribution in [0.2, 0.25) is 10.0 Å². The molecular weight excluding hydrogens is 539 g/mol. The number of nitrogens with one attached hydrogen (secondary N) is 1. The number of imidazole rings is 1. The number of nitrogens with zero attached hydrogens (tertiary/aromatic N) is 5. The molecule has 0 spiro atoms. The number of aromatic nitrogens is 2. The highest BCUT2D eigenvalue weighted by molar-refractivity contribution is 6.33. The van der Waals surface area contributed by atoms with E-state index in [-0.39, 0.29) is 18.3 Å². The predicted molar refractivity (Wildman–Crippen MR) is 154 cm³/mol. The minimum absolute atomic E-state index is 0.0992. The van der Waals surface area contributed by atoms with Gasteiger partial charge in [-0.05, 0) is 70.4 Å². The molecule has 0 bridgehead atoms. The Labute approximate surface area is 237 Å². The third kappa shape index (κ3) is 5.30. The molecule has 1 N–H and O–H groups in total. The minimum atomic E-state index is -0.945. The molecule has 2 aliphatic heterocycles. The van der Waals surface area contributed by atoms with E-state index in [9.17, 15) is 9.59 Å². The highest BCUT2D eigenvalue weighted by Crippen LogP contribution is 2.40. The van der Waals surface area contributed by atoms with Crippen LogP contribution >= 0.6 is 23.2 Å². The van der Waals surface area contributed by atoms with Gasteiger partial charge in [0.15, 0.2) is 0 Å². The first-order valence-electron chi connectivity index (χ1n) is 12.9. The average molecular weight is 572 g/mol. The largest absolute Gasteiger partial charge is 0.442 e. The zero-order valence-corrected chi connectivity index (χ0v) is 24.2. The lowest BCUT2D eigenvalue weighted by atomic mass is 9.86. The number of hydrogen-bond donors (Lipinski definition) is 1. The van der Waals surface area contributed by atoms with Crippen LogP contribution in [-0.4, -0.2) is 58.1 Å². The van der Waals surface area contributed by atoms with Crippen molar-refractivity contribution in [3.05, 3.63) is 52.0 Å². The van der Waals surface area contributed by atoms with Gasteiger partial charge in [0.25, 0.3) is 0 Å². The maximum atomic E-state index is 13.1. The van der Waals surface area contributed by atoms with Crippen molar-refractivity contribution in [1.29, 1.82) is 0 Å². The van der Waals surface area contributed by atoms with Crippen LogP contribution in [0.4, 0.5) is 10.7 Å². The quantitative estimate of drug-likeness (QED) is 0.422. The first-order valence-corrected chi connectivity index (χ1v) is 13.7. The van der Waals surface area contributed by atoms with Crippen LogP contribution in [0.3, 0.4) is 0 Å². The van der Waals surface area contributed by atoms with E-state index < -0.39 is 17.2 Å². The molecule has 206 valence electrons. The molecular formula is C28H32Cl2N6O3. The fourth-order valence-electron chi connectivity index (χ4n) is 5.07. The lowest BCUT2D eigenvalue weighted by Crippen LogP contribution is -2.59. The number of hydrogen-bond acceptors (Lipinski definition) is 5. The minimum Gasteiger partial charge on any atom is -0.442 e. The number of guanidine groups is 1. The molecule has 0 unspecified atom stereocenters. The van der Waals surface area contributed by atoms with E-state index in [1.807, 2.05) is 47.9 Å². The SMILES string of the molecule is CN1C(=O)C[C@@](C)(c2cccc(-n3c(N4CCCC4)nc4ccc(Cl)cc43)c2Cl)N/C1=N\C(=O)OC(C)(C)C. The van der Waals surface area contributed by atoms with Gasteiger partial charge in [-0.1, -0.05) is 35.3 Å². The summed E-state index contributed by atoms with van der Waals surface area (Å²) in [5.41, 5.74) is 1.40. The third-order valence-electron chi connectivity index (χ3n) is 6.98. The number of benzene rings is 2. The van der Waals surface area contributed by atoms with E-state index in [1.165, 1.54) is 4.90 Å². The Hall–Kier alpha value is -3.30. The van der Waals surface area contributed by atoms with Gasteiger partial charge in [0.2, 0.25) is 17.8 Å². The number of rotatable bonds is 3.